The topological polar surface area (TPSA) is 67.6 Å². The van der Waals surface area contributed by atoms with Crippen molar-refractivity contribution in [3.05, 3.63) is 41.6 Å². The molecule has 7 heteroatoms. The fraction of sp³-hybridized carbons (Fsp3) is 0.286. The summed E-state index contributed by atoms with van der Waals surface area (Å²) in [7, 11) is 0. The van der Waals surface area contributed by atoms with E-state index in [0.29, 0.717) is 23.9 Å². The molecule has 2 aromatic rings. The van der Waals surface area contributed by atoms with Gasteiger partial charge in [-0.25, -0.2) is 4.79 Å². The van der Waals surface area contributed by atoms with Crippen LogP contribution in [0.4, 0.5) is 10.6 Å². The monoisotopic (exact) mass is 307 g/mol. The number of hydrogen-bond donors (Lipinski definition) is 1. The second-order valence-electron chi connectivity index (χ2n) is 4.74. The van der Waals surface area contributed by atoms with Gasteiger partial charge in [-0.05, 0) is 24.3 Å². The Morgan fingerprint density at radius 2 is 2.19 bits per heavy atom. The molecule has 0 saturated carbocycles. The summed E-state index contributed by atoms with van der Waals surface area (Å²) in [6, 6.07) is 8.59. The minimum Gasteiger partial charge on any atom is -0.489 e. The van der Waals surface area contributed by atoms with Crippen molar-refractivity contribution in [2.45, 2.75) is 12.5 Å². The third-order valence-electron chi connectivity index (χ3n) is 3.22. The first-order valence-corrected chi connectivity index (χ1v) is 6.97. The van der Waals surface area contributed by atoms with Gasteiger partial charge in [0.25, 0.3) is 0 Å². The van der Waals surface area contributed by atoms with Gasteiger partial charge in [-0.1, -0.05) is 16.8 Å². The fourth-order valence-corrected chi connectivity index (χ4v) is 2.31. The molecule has 1 aliphatic rings. The van der Waals surface area contributed by atoms with Gasteiger partial charge in [0.2, 0.25) is 0 Å². The van der Waals surface area contributed by atoms with Crippen molar-refractivity contribution in [2.75, 3.05) is 18.4 Å². The zero-order valence-corrected chi connectivity index (χ0v) is 11.9. The molecular formula is C14H14ClN3O3. The number of aromatic nitrogens is 1. The van der Waals surface area contributed by atoms with Gasteiger partial charge in [-0.3, -0.25) is 5.32 Å². The number of likely N-dealkylation sites (tertiary alicyclic amines) is 1. The predicted molar refractivity (Wildman–Crippen MR) is 77.6 cm³/mol. The van der Waals surface area contributed by atoms with Crippen LogP contribution in [0.15, 0.2) is 41.1 Å². The predicted octanol–water partition coefficient (Wildman–Crippen LogP) is 3.01. The minimum absolute atomic E-state index is 0.0192. The fourth-order valence-electron chi connectivity index (χ4n) is 2.18. The Hall–Kier alpha value is -2.21. The first-order valence-electron chi connectivity index (χ1n) is 6.59. The van der Waals surface area contributed by atoms with Crippen LogP contribution < -0.4 is 10.1 Å². The van der Waals surface area contributed by atoms with Crippen LogP contribution in [0, 0.1) is 0 Å². The van der Waals surface area contributed by atoms with E-state index < -0.39 is 0 Å². The number of rotatable bonds is 3. The number of nitrogens with zero attached hydrogens (tertiary/aromatic N) is 2. The highest BCUT2D eigenvalue weighted by Gasteiger charge is 2.28. The van der Waals surface area contributed by atoms with Crippen molar-refractivity contribution in [1.82, 2.24) is 10.1 Å². The van der Waals surface area contributed by atoms with Gasteiger partial charge in [-0.2, -0.15) is 0 Å². The molecular weight excluding hydrogens is 294 g/mol. The van der Waals surface area contributed by atoms with Crippen LogP contribution in [0.3, 0.4) is 0 Å². The molecule has 0 spiro atoms. The van der Waals surface area contributed by atoms with Gasteiger partial charge in [0.1, 0.15) is 18.1 Å². The highest BCUT2D eigenvalue weighted by Crippen LogP contribution is 2.21. The number of carbonyl (C=O) groups excluding carboxylic acids is 1. The summed E-state index contributed by atoms with van der Waals surface area (Å²) >= 11 is 5.83. The number of benzene rings is 1. The maximum atomic E-state index is 12.0. The largest absolute Gasteiger partial charge is 0.489 e. The average molecular weight is 308 g/mol. The van der Waals surface area contributed by atoms with Crippen LogP contribution in [0.25, 0.3) is 0 Å². The lowest BCUT2D eigenvalue weighted by molar-refractivity contribution is 0.194. The van der Waals surface area contributed by atoms with E-state index in [1.807, 2.05) is 12.1 Å². The standard InChI is InChI=1S/C14H14ClN3O3/c15-10-1-3-11(4-2-10)21-12-5-7-18(9-12)14(19)16-13-6-8-20-17-13/h1-4,6,8,12H,5,7,9H2,(H,16,17,19)/t12-/m0/s1. The molecule has 0 unspecified atom stereocenters. The van der Waals surface area contributed by atoms with E-state index >= 15 is 0 Å². The summed E-state index contributed by atoms with van der Waals surface area (Å²) in [6.45, 7) is 1.17. The zero-order chi connectivity index (χ0) is 14.7. The Bertz CT molecular complexity index is 600. The molecule has 1 fully saturated rings. The third kappa shape index (κ3) is 3.46. The summed E-state index contributed by atoms with van der Waals surface area (Å²) in [4.78, 5) is 13.7. The normalized spacial score (nSPS) is 17.8. The van der Waals surface area contributed by atoms with Crippen LogP contribution in [0.2, 0.25) is 5.02 Å². The number of nitrogens with one attached hydrogen (secondary N) is 1. The number of halogens is 1. The molecule has 0 bridgehead atoms. The summed E-state index contributed by atoms with van der Waals surface area (Å²) < 4.78 is 10.5. The Balaban J connectivity index is 1.53. The van der Waals surface area contributed by atoms with Gasteiger partial charge >= 0.3 is 6.03 Å². The maximum absolute atomic E-state index is 12.0. The van der Waals surface area contributed by atoms with Crippen molar-refractivity contribution in [3.8, 4) is 5.75 Å². The van der Waals surface area contributed by atoms with Crippen LogP contribution in [-0.2, 0) is 0 Å². The van der Waals surface area contributed by atoms with Crippen LogP contribution >= 0.6 is 11.6 Å². The molecule has 0 radical (unpaired) electrons. The Labute approximate surface area is 126 Å². The lowest BCUT2D eigenvalue weighted by atomic mass is 10.3. The molecule has 0 aliphatic carbocycles. The lowest BCUT2D eigenvalue weighted by Gasteiger charge is -2.17. The van der Waals surface area contributed by atoms with Gasteiger partial charge in [0.05, 0.1) is 6.54 Å². The van der Waals surface area contributed by atoms with Gasteiger partial charge in [0, 0.05) is 24.1 Å². The molecule has 1 aliphatic heterocycles. The van der Waals surface area contributed by atoms with E-state index in [1.165, 1.54) is 6.26 Å². The van der Waals surface area contributed by atoms with Crippen molar-refractivity contribution >= 4 is 23.4 Å². The molecule has 2 amide bonds. The first kappa shape index (κ1) is 13.8. The van der Waals surface area contributed by atoms with Crippen molar-refractivity contribution in [3.63, 3.8) is 0 Å². The van der Waals surface area contributed by atoms with E-state index in [4.69, 9.17) is 16.3 Å². The van der Waals surface area contributed by atoms with E-state index in [1.54, 1.807) is 23.1 Å². The van der Waals surface area contributed by atoms with E-state index in [-0.39, 0.29) is 12.1 Å². The molecule has 1 aromatic carbocycles. The van der Waals surface area contributed by atoms with Gasteiger partial charge in [-0.15, -0.1) is 0 Å². The maximum Gasteiger partial charge on any atom is 0.323 e. The molecule has 1 saturated heterocycles. The number of anilines is 1. The van der Waals surface area contributed by atoms with Gasteiger partial charge < -0.3 is 14.2 Å². The highest BCUT2D eigenvalue weighted by molar-refractivity contribution is 6.30. The molecule has 3 rings (SSSR count). The Kier molecular flexibility index (Phi) is 3.96. The molecule has 6 nitrogen and oxygen atoms in total. The van der Waals surface area contributed by atoms with Crippen LogP contribution in [0.5, 0.6) is 5.75 Å². The molecule has 21 heavy (non-hydrogen) atoms. The molecule has 1 N–H and O–H groups in total. The van der Waals surface area contributed by atoms with E-state index in [0.717, 1.165) is 12.2 Å². The van der Waals surface area contributed by atoms with Gasteiger partial charge in [0.15, 0.2) is 5.82 Å². The summed E-state index contributed by atoms with van der Waals surface area (Å²) in [5.41, 5.74) is 0. The molecule has 1 aromatic heterocycles. The van der Waals surface area contributed by atoms with Crippen molar-refractivity contribution < 1.29 is 14.1 Å². The SMILES string of the molecule is O=C(Nc1ccon1)N1CC[C@H](Oc2ccc(Cl)cc2)C1. The third-order valence-corrected chi connectivity index (χ3v) is 3.47. The summed E-state index contributed by atoms with van der Waals surface area (Å²) in [6.07, 6.45) is 2.18. The molecule has 2 heterocycles. The number of carbonyl (C=O) groups is 1. The zero-order valence-electron chi connectivity index (χ0n) is 11.2. The Morgan fingerprint density at radius 3 is 2.90 bits per heavy atom. The van der Waals surface area contributed by atoms with Crippen molar-refractivity contribution in [1.29, 1.82) is 0 Å². The number of hydrogen-bond acceptors (Lipinski definition) is 4. The minimum atomic E-state index is -0.203. The second-order valence-corrected chi connectivity index (χ2v) is 5.18. The average Bonchev–Trinajstić information content (AvgIpc) is 3.13. The molecule has 110 valence electrons. The molecule has 1 atom stereocenters. The lowest BCUT2D eigenvalue weighted by Crippen LogP contribution is -2.34. The summed E-state index contributed by atoms with van der Waals surface area (Å²) in [5, 5.41) is 6.98. The quantitative estimate of drug-likeness (QED) is 0.946. The van der Waals surface area contributed by atoms with E-state index in [2.05, 4.69) is 15.0 Å². The Morgan fingerprint density at radius 1 is 1.38 bits per heavy atom. The van der Waals surface area contributed by atoms with Crippen LogP contribution in [0.1, 0.15) is 6.42 Å². The highest BCUT2D eigenvalue weighted by atomic mass is 35.5. The van der Waals surface area contributed by atoms with Crippen molar-refractivity contribution in [2.24, 2.45) is 0 Å². The first-order chi connectivity index (χ1) is 10.2. The smallest absolute Gasteiger partial charge is 0.323 e. The number of amides is 2. The number of ether oxygens (including phenoxy) is 1. The summed E-state index contributed by atoms with van der Waals surface area (Å²) in [5.74, 6) is 1.16. The van der Waals surface area contributed by atoms with Crippen LogP contribution in [-0.4, -0.2) is 35.3 Å². The number of urea groups is 1. The second kappa shape index (κ2) is 6.05. The van der Waals surface area contributed by atoms with E-state index in [9.17, 15) is 4.79 Å².